The van der Waals surface area contributed by atoms with E-state index in [-0.39, 0.29) is 0 Å². The summed E-state index contributed by atoms with van der Waals surface area (Å²) in [5.41, 5.74) is 0.771. The molecule has 25 heavy (non-hydrogen) atoms. The number of aryl methyl sites for hydroxylation is 1. The van der Waals surface area contributed by atoms with E-state index in [1.807, 2.05) is 37.3 Å². The Morgan fingerprint density at radius 2 is 2.00 bits per heavy atom. The number of hydrogen-bond donors (Lipinski definition) is 1. The van der Waals surface area contributed by atoms with Gasteiger partial charge in [-0.05, 0) is 45.7 Å². The molecule has 134 valence electrons. The van der Waals surface area contributed by atoms with E-state index in [0.717, 1.165) is 29.9 Å². The summed E-state index contributed by atoms with van der Waals surface area (Å²) >= 11 is 0. The van der Waals surface area contributed by atoms with Crippen LogP contribution in [0.25, 0.3) is 11.5 Å². The molecule has 0 spiro atoms. The van der Waals surface area contributed by atoms with Crippen molar-refractivity contribution >= 4 is 5.97 Å². The Bertz CT molecular complexity index is 717. The lowest BCUT2D eigenvalue weighted by Crippen LogP contribution is -2.34. The number of carboxylic acid groups (broad SMARTS) is 1. The zero-order valence-electron chi connectivity index (χ0n) is 15.0. The van der Waals surface area contributed by atoms with Crippen LogP contribution < -0.4 is 0 Å². The predicted octanol–water partition coefficient (Wildman–Crippen LogP) is 4.41. The standard InChI is InChI=1S/C20H25NO4/c1-15-17(21-18(25-15)16-11-7-6-8-12-16)13-9-4-5-10-14-24-20(2,3)19(22)23/h4,6-9,11-12H,5,10,13-14H2,1-3H3,(H,22,23). The zero-order valence-corrected chi connectivity index (χ0v) is 15.0. The molecule has 1 N–H and O–H groups in total. The molecular weight excluding hydrogens is 318 g/mol. The van der Waals surface area contributed by atoms with Crippen LogP contribution in [0.3, 0.4) is 0 Å². The van der Waals surface area contributed by atoms with Crippen molar-refractivity contribution < 1.29 is 19.1 Å². The van der Waals surface area contributed by atoms with Crippen LogP contribution in [0.15, 0.2) is 46.9 Å². The van der Waals surface area contributed by atoms with E-state index in [4.69, 9.17) is 14.3 Å². The number of carbonyl (C=O) groups is 1. The number of carboxylic acids is 1. The molecule has 0 aliphatic rings. The molecule has 1 aromatic heterocycles. The molecule has 0 aliphatic heterocycles. The van der Waals surface area contributed by atoms with Crippen molar-refractivity contribution in [1.82, 2.24) is 4.98 Å². The Labute approximate surface area is 148 Å². The van der Waals surface area contributed by atoms with Crippen LogP contribution in [0.4, 0.5) is 0 Å². The summed E-state index contributed by atoms with van der Waals surface area (Å²) in [6.07, 6.45) is 6.44. The molecular formula is C20H25NO4. The smallest absolute Gasteiger partial charge is 0.335 e. The molecule has 2 aromatic rings. The number of allylic oxidation sites excluding steroid dienone is 2. The highest BCUT2D eigenvalue weighted by molar-refractivity contribution is 5.76. The number of ether oxygens (including phenoxy) is 1. The van der Waals surface area contributed by atoms with Crippen LogP contribution in [-0.2, 0) is 16.0 Å². The van der Waals surface area contributed by atoms with Gasteiger partial charge < -0.3 is 14.3 Å². The number of unbranched alkanes of at least 4 members (excludes halogenated alkanes) is 1. The van der Waals surface area contributed by atoms with Crippen molar-refractivity contribution in [2.75, 3.05) is 6.61 Å². The third-order valence-electron chi connectivity index (χ3n) is 3.88. The lowest BCUT2D eigenvalue weighted by molar-refractivity contribution is -0.161. The molecule has 0 radical (unpaired) electrons. The van der Waals surface area contributed by atoms with Gasteiger partial charge in [-0.2, -0.15) is 0 Å². The monoisotopic (exact) mass is 343 g/mol. The number of aromatic nitrogens is 1. The first-order valence-electron chi connectivity index (χ1n) is 8.44. The molecule has 5 heteroatoms. The molecule has 0 bridgehead atoms. The van der Waals surface area contributed by atoms with Crippen molar-refractivity contribution in [2.24, 2.45) is 0 Å². The maximum Gasteiger partial charge on any atom is 0.335 e. The Kier molecular flexibility index (Phi) is 6.53. The summed E-state index contributed by atoms with van der Waals surface area (Å²) in [4.78, 5) is 15.5. The summed E-state index contributed by atoms with van der Waals surface area (Å²) in [6.45, 7) is 5.46. The highest BCUT2D eigenvalue weighted by Crippen LogP contribution is 2.21. The fourth-order valence-electron chi connectivity index (χ4n) is 2.22. The normalized spacial score (nSPS) is 12.0. The van der Waals surface area contributed by atoms with Crippen LogP contribution in [0.2, 0.25) is 0 Å². The largest absolute Gasteiger partial charge is 0.479 e. The van der Waals surface area contributed by atoms with Gasteiger partial charge in [0.05, 0.1) is 5.69 Å². The number of benzene rings is 1. The maximum atomic E-state index is 10.9. The average Bonchev–Trinajstić information content (AvgIpc) is 2.95. The Morgan fingerprint density at radius 1 is 1.28 bits per heavy atom. The van der Waals surface area contributed by atoms with E-state index in [0.29, 0.717) is 18.9 Å². The van der Waals surface area contributed by atoms with Gasteiger partial charge in [0, 0.05) is 18.6 Å². The van der Waals surface area contributed by atoms with Crippen molar-refractivity contribution in [3.63, 3.8) is 0 Å². The van der Waals surface area contributed by atoms with Gasteiger partial charge >= 0.3 is 5.97 Å². The number of hydrogen-bond acceptors (Lipinski definition) is 4. The van der Waals surface area contributed by atoms with Crippen LogP contribution in [-0.4, -0.2) is 28.3 Å². The van der Waals surface area contributed by atoms with E-state index < -0.39 is 11.6 Å². The van der Waals surface area contributed by atoms with Gasteiger partial charge in [-0.1, -0.05) is 30.4 Å². The second-order valence-corrected chi connectivity index (χ2v) is 6.37. The summed E-state index contributed by atoms with van der Waals surface area (Å²) < 4.78 is 11.1. The fourth-order valence-corrected chi connectivity index (χ4v) is 2.22. The van der Waals surface area contributed by atoms with Crippen LogP contribution >= 0.6 is 0 Å². The first kappa shape index (κ1) is 18.9. The van der Waals surface area contributed by atoms with Gasteiger partial charge in [0.2, 0.25) is 5.89 Å². The summed E-state index contributed by atoms with van der Waals surface area (Å²) in [5.74, 6) is 0.527. The van der Waals surface area contributed by atoms with Crippen LogP contribution in [0.5, 0.6) is 0 Å². The molecule has 0 saturated heterocycles. The lowest BCUT2D eigenvalue weighted by atomic mass is 10.1. The predicted molar refractivity (Wildman–Crippen MR) is 96.4 cm³/mol. The number of nitrogens with zero attached hydrogens (tertiary/aromatic N) is 1. The van der Waals surface area contributed by atoms with Gasteiger partial charge in [0.15, 0.2) is 5.60 Å². The van der Waals surface area contributed by atoms with Crippen LogP contribution in [0, 0.1) is 6.92 Å². The van der Waals surface area contributed by atoms with Crippen molar-refractivity contribution in [3.8, 4) is 11.5 Å². The molecule has 0 atom stereocenters. The third-order valence-corrected chi connectivity index (χ3v) is 3.88. The number of oxazole rings is 1. The van der Waals surface area contributed by atoms with Crippen LogP contribution in [0.1, 0.15) is 38.1 Å². The highest BCUT2D eigenvalue weighted by Gasteiger charge is 2.27. The van der Waals surface area contributed by atoms with Crippen molar-refractivity contribution in [1.29, 1.82) is 0 Å². The molecule has 5 nitrogen and oxygen atoms in total. The van der Waals surface area contributed by atoms with Gasteiger partial charge in [-0.25, -0.2) is 9.78 Å². The van der Waals surface area contributed by atoms with E-state index in [2.05, 4.69) is 17.1 Å². The SMILES string of the molecule is Cc1oc(-c2ccccc2)nc1CC=CCCCOC(C)(C)C(=O)O. The first-order valence-corrected chi connectivity index (χ1v) is 8.44. The fraction of sp³-hybridized carbons (Fsp3) is 0.400. The zero-order chi connectivity index (χ0) is 18.3. The quantitative estimate of drug-likeness (QED) is 0.539. The topological polar surface area (TPSA) is 72.6 Å². The second kappa shape index (κ2) is 8.62. The van der Waals surface area contributed by atoms with E-state index >= 15 is 0 Å². The average molecular weight is 343 g/mol. The maximum absolute atomic E-state index is 10.9. The second-order valence-electron chi connectivity index (χ2n) is 6.37. The lowest BCUT2D eigenvalue weighted by Gasteiger charge is -2.19. The van der Waals surface area contributed by atoms with E-state index in [9.17, 15) is 4.79 Å². The molecule has 0 aliphatic carbocycles. The number of aliphatic carboxylic acids is 1. The summed E-state index contributed by atoms with van der Waals surface area (Å²) in [5, 5.41) is 8.96. The van der Waals surface area contributed by atoms with E-state index in [1.54, 1.807) is 13.8 Å². The van der Waals surface area contributed by atoms with Gasteiger partial charge in [0.25, 0.3) is 0 Å². The minimum absolute atomic E-state index is 0.421. The molecule has 0 amide bonds. The van der Waals surface area contributed by atoms with Gasteiger partial charge in [0.1, 0.15) is 5.76 Å². The molecule has 1 aromatic carbocycles. The summed E-state index contributed by atoms with van der Waals surface area (Å²) in [7, 11) is 0. The Morgan fingerprint density at radius 3 is 2.68 bits per heavy atom. The van der Waals surface area contributed by atoms with Gasteiger partial charge in [-0.15, -0.1) is 0 Å². The molecule has 1 heterocycles. The van der Waals surface area contributed by atoms with Gasteiger partial charge in [-0.3, -0.25) is 0 Å². The minimum Gasteiger partial charge on any atom is -0.479 e. The summed E-state index contributed by atoms with van der Waals surface area (Å²) in [6, 6.07) is 9.83. The number of rotatable bonds is 9. The highest BCUT2D eigenvalue weighted by atomic mass is 16.5. The molecule has 0 fully saturated rings. The Hall–Kier alpha value is -2.40. The third kappa shape index (κ3) is 5.57. The van der Waals surface area contributed by atoms with Crippen molar-refractivity contribution in [2.45, 2.75) is 45.6 Å². The molecule has 0 saturated carbocycles. The van der Waals surface area contributed by atoms with Crippen molar-refractivity contribution in [3.05, 3.63) is 53.9 Å². The molecule has 0 unspecified atom stereocenters. The molecule has 2 rings (SSSR count). The Balaban J connectivity index is 1.77. The van der Waals surface area contributed by atoms with E-state index in [1.165, 1.54) is 0 Å². The first-order chi connectivity index (χ1) is 11.9. The minimum atomic E-state index is -1.13.